The minimum Gasteiger partial charge on any atom is -0.496 e. The van der Waals surface area contributed by atoms with E-state index in [2.05, 4.69) is 20.5 Å². The molecule has 198 valence electrons. The lowest BCUT2D eigenvalue weighted by Gasteiger charge is -2.16. The average Bonchev–Trinajstić information content (AvgIpc) is 3.34. The van der Waals surface area contributed by atoms with Crippen molar-refractivity contribution in [3.8, 4) is 28.1 Å². The van der Waals surface area contributed by atoms with Gasteiger partial charge in [-0.15, -0.1) is 0 Å². The molecule has 0 saturated carbocycles. The fourth-order valence-corrected chi connectivity index (χ4v) is 4.05. The van der Waals surface area contributed by atoms with Crippen molar-refractivity contribution in [1.82, 2.24) is 25.0 Å². The second-order valence-corrected chi connectivity index (χ2v) is 9.27. The van der Waals surface area contributed by atoms with Crippen LogP contribution in [0.15, 0.2) is 54.7 Å². The van der Waals surface area contributed by atoms with Crippen LogP contribution < -0.4 is 10.1 Å². The van der Waals surface area contributed by atoms with E-state index in [9.17, 15) is 9.59 Å². The number of fused-ring (bicyclic) bond motifs is 1. The van der Waals surface area contributed by atoms with Crippen LogP contribution in [0.1, 0.15) is 16.8 Å². The summed E-state index contributed by atoms with van der Waals surface area (Å²) in [7, 11) is 8.86. The number of rotatable bonds is 9. The first-order valence-corrected chi connectivity index (χ1v) is 12.2. The van der Waals surface area contributed by atoms with Crippen LogP contribution in [0.3, 0.4) is 0 Å². The Kier molecular flexibility index (Phi) is 8.22. The second-order valence-electron chi connectivity index (χ2n) is 9.27. The van der Waals surface area contributed by atoms with Crippen LogP contribution in [0, 0.1) is 0 Å². The number of H-pyrrole nitrogens is 1. The van der Waals surface area contributed by atoms with E-state index in [1.54, 1.807) is 39.5 Å². The van der Waals surface area contributed by atoms with Crippen LogP contribution in [0.25, 0.3) is 33.4 Å². The number of aromatic nitrogens is 3. The van der Waals surface area contributed by atoms with E-state index < -0.39 is 6.09 Å². The number of amides is 2. The predicted octanol–water partition coefficient (Wildman–Crippen LogP) is 4.50. The molecular formula is C28H32N6O4. The Morgan fingerprint density at radius 1 is 1.03 bits per heavy atom. The number of ether oxygens (including phenoxy) is 2. The molecule has 2 aromatic carbocycles. The number of benzene rings is 2. The molecule has 10 nitrogen and oxygen atoms in total. The van der Waals surface area contributed by atoms with E-state index >= 15 is 0 Å². The van der Waals surface area contributed by atoms with Gasteiger partial charge in [0.1, 0.15) is 11.4 Å². The quantitative estimate of drug-likeness (QED) is 0.315. The summed E-state index contributed by atoms with van der Waals surface area (Å²) < 4.78 is 10.8. The van der Waals surface area contributed by atoms with Gasteiger partial charge in [-0.3, -0.25) is 15.2 Å². The fourth-order valence-electron chi connectivity index (χ4n) is 4.05. The van der Waals surface area contributed by atoms with Crippen molar-refractivity contribution >= 4 is 28.7 Å². The lowest BCUT2D eigenvalue weighted by molar-refractivity contribution is 0.0828. The number of aromatic amines is 1. The van der Waals surface area contributed by atoms with E-state index in [1.165, 1.54) is 4.90 Å². The van der Waals surface area contributed by atoms with E-state index in [4.69, 9.17) is 9.47 Å². The number of pyridine rings is 1. The standard InChI is InChI=1S/C28H32N6O4/c1-33(2)13-8-14-38-28(36)30-23-12-11-18(15-21(23)27(35)34(3)4)19-16-22-25(31-32-26(22)29-17-19)20-9-6-7-10-24(20)37-5/h6-7,9-12,15-17H,8,13-14H2,1-5H3,(H,30,36)(H,29,31,32). The van der Waals surface area contributed by atoms with Crippen molar-refractivity contribution in [2.45, 2.75) is 6.42 Å². The van der Waals surface area contributed by atoms with Gasteiger partial charge in [-0.2, -0.15) is 5.10 Å². The number of carbonyl (C=O) groups excluding carboxylic acids is 2. The van der Waals surface area contributed by atoms with Gasteiger partial charge in [0.2, 0.25) is 0 Å². The third-order valence-corrected chi connectivity index (χ3v) is 5.99. The summed E-state index contributed by atoms with van der Waals surface area (Å²) in [5, 5.41) is 11.0. The van der Waals surface area contributed by atoms with Gasteiger partial charge in [-0.25, -0.2) is 9.78 Å². The third kappa shape index (κ3) is 5.92. The maximum Gasteiger partial charge on any atom is 0.411 e. The normalized spacial score (nSPS) is 11.0. The van der Waals surface area contributed by atoms with Crippen LogP contribution in [-0.2, 0) is 4.74 Å². The van der Waals surface area contributed by atoms with Crippen molar-refractivity contribution in [2.24, 2.45) is 0 Å². The van der Waals surface area contributed by atoms with Crippen LogP contribution in [0.4, 0.5) is 10.5 Å². The van der Waals surface area contributed by atoms with Gasteiger partial charge in [0.25, 0.3) is 5.91 Å². The molecule has 0 radical (unpaired) electrons. The Bertz CT molecular complexity index is 1450. The van der Waals surface area contributed by atoms with Crippen LogP contribution >= 0.6 is 0 Å². The average molecular weight is 517 g/mol. The molecule has 0 atom stereocenters. The van der Waals surface area contributed by atoms with E-state index in [-0.39, 0.29) is 12.5 Å². The molecule has 2 aromatic heterocycles. The summed E-state index contributed by atoms with van der Waals surface area (Å²) in [5.41, 5.74) is 4.46. The number of nitrogens with one attached hydrogen (secondary N) is 2. The molecule has 4 aromatic rings. The Hall–Kier alpha value is -4.44. The smallest absolute Gasteiger partial charge is 0.411 e. The van der Waals surface area contributed by atoms with E-state index in [1.807, 2.05) is 55.4 Å². The molecule has 2 N–H and O–H groups in total. The molecule has 2 heterocycles. The first-order chi connectivity index (χ1) is 18.3. The summed E-state index contributed by atoms with van der Waals surface area (Å²) in [6, 6.07) is 14.9. The van der Waals surface area contributed by atoms with Crippen molar-refractivity contribution in [3.63, 3.8) is 0 Å². The monoisotopic (exact) mass is 516 g/mol. The first-order valence-electron chi connectivity index (χ1n) is 12.2. The second kappa shape index (κ2) is 11.7. The topological polar surface area (TPSA) is 113 Å². The lowest BCUT2D eigenvalue weighted by atomic mass is 10.0. The van der Waals surface area contributed by atoms with Gasteiger partial charge in [0, 0.05) is 43.4 Å². The molecule has 0 unspecified atom stereocenters. The highest BCUT2D eigenvalue weighted by Gasteiger charge is 2.19. The van der Waals surface area contributed by atoms with Gasteiger partial charge in [-0.1, -0.05) is 18.2 Å². The molecule has 0 aliphatic heterocycles. The molecule has 0 aliphatic rings. The summed E-state index contributed by atoms with van der Waals surface area (Å²) in [6.07, 6.45) is 1.83. The molecule has 10 heteroatoms. The molecule has 2 amide bonds. The highest BCUT2D eigenvalue weighted by molar-refractivity contribution is 6.04. The van der Waals surface area contributed by atoms with Crippen LogP contribution in [0.5, 0.6) is 5.75 Å². The number of nitrogens with zero attached hydrogens (tertiary/aromatic N) is 4. The zero-order valence-corrected chi connectivity index (χ0v) is 22.2. The molecule has 0 bridgehead atoms. The highest BCUT2D eigenvalue weighted by atomic mass is 16.5. The summed E-state index contributed by atoms with van der Waals surface area (Å²) >= 11 is 0. The van der Waals surface area contributed by atoms with Gasteiger partial charge >= 0.3 is 6.09 Å². The number of carbonyl (C=O) groups is 2. The molecule has 0 spiro atoms. The lowest BCUT2D eigenvalue weighted by Crippen LogP contribution is -2.24. The Balaban J connectivity index is 1.66. The van der Waals surface area contributed by atoms with E-state index in [0.717, 1.165) is 28.6 Å². The van der Waals surface area contributed by atoms with Gasteiger partial charge in [0.05, 0.1) is 25.0 Å². The largest absolute Gasteiger partial charge is 0.496 e. The number of anilines is 1. The molecule has 0 saturated heterocycles. The minimum absolute atomic E-state index is 0.248. The van der Waals surface area contributed by atoms with Crippen molar-refractivity contribution in [1.29, 1.82) is 0 Å². The van der Waals surface area contributed by atoms with Gasteiger partial charge in [-0.05, 0) is 56.4 Å². The fraction of sp³-hybridized carbons (Fsp3) is 0.286. The number of methoxy groups -OCH3 is 1. The SMILES string of the molecule is COc1ccccc1-c1n[nH]c2ncc(-c3ccc(NC(=O)OCCCN(C)C)c(C(=O)N(C)C)c3)cc12. The molecule has 0 fully saturated rings. The zero-order valence-electron chi connectivity index (χ0n) is 22.2. The highest BCUT2D eigenvalue weighted by Crippen LogP contribution is 2.35. The summed E-state index contributed by atoms with van der Waals surface area (Å²) in [6.45, 7) is 1.09. The van der Waals surface area contributed by atoms with Crippen LogP contribution in [-0.4, -0.2) is 85.4 Å². The van der Waals surface area contributed by atoms with Crippen LogP contribution in [0.2, 0.25) is 0 Å². The Labute approximate surface area is 221 Å². The molecule has 0 aliphatic carbocycles. The van der Waals surface area contributed by atoms with Crippen molar-refractivity contribution < 1.29 is 19.1 Å². The van der Waals surface area contributed by atoms with Gasteiger partial charge < -0.3 is 19.3 Å². The number of para-hydroxylation sites is 1. The maximum atomic E-state index is 13.0. The van der Waals surface area contributed by atoms with E-state index in [0.29, 0.717) is 34.8 Å². The van der Waals surface area contributed by atoms with Crippen molar-refractivity contribution in [3.05, 3.63) is 60.3 Å². The first kappa shape index (κ1) is 26.6. The minimum atomic E-state index is -0.604. The Morgan fingerprint density at radius 2 is 1.82 bits per heavy atom. The predicted molar refractivity (Wildman–Crippen MR) is 147 cm³/mol. The van der Waals surface area contributed by atoms with Crippen molar-refractivity contribution in [2.75, 3.05) is 53.8 Å². The number of hydrogen-bond acceptors (Lipinski definition) is 7. The zero-order chi connectivity index (χ0) is 27.2. The third-order valence-electron chi connectivity index (χ3n) is 5.99. The molecule has 4 rings (SSSR count). The maximum absolute atomic E-state index is 13.0. The molecular weight excluding hydrogens is 484 g/mol. The molecule has 38 heavy (non-hydrogen) atoms. The summed E-state index contributed by atoms with van der Waals surface area (Å²) in [4.78, 5) is 33.5. The van der Waals surface area contributed by atoms with Gasteiger partial charge in [0.15, 0.2) is 5.65 Å². The number of hydrogen-bond donors (Lipinski definition) is 2. The summed E-state index contributed by atoms with van der Waals surface area (Å²) in [5.74, 6) is 0.455. The Morgan fingerprint density at radius 3 is 2.55 bits per heavy atom.